The first-order valence-electron chi connectivity index (χ1n) is 16.5. The monoisotopic (exact) mass is 684 g/mol. The molecule has 0 radical (unpaired) electrons. The van der Waals surface area contributed by atoms with Gasteiger partial charge in [0.05, 0.1) is 18.2 Å². The lowest BCUT2D eigenvalue weighted by Crippen LogP contribution is -2.54. The summed E-state index contributed by atoms with van der Waals surface area (Å²) in [5.41, 5.74) is 3.61. The minimum Gasteiger partial charge on any atom is -0.483 e. The Morgan fingerprint density at radius 3 is 1.98 bits per heavy atom. The maximum atomic E-state index is 13.7. The second-order valence-corrected chi connectivity index (χ2v) is 12.7. The molecule has 0 saturated heterocycles. The van der Waals surface area contributed by atoms with Gasteiger partial charge >= 0.3 is 5.88 Å². The predicted octanol–water partition coefficient (Wildman–Crippen LogP) is 4.84. The normalized spacial score (nSPS) is 13.5. The van der Waals surface area contributed by atoms with Crippen molar-refractivity contribution in [1.82, 2.24) is 16.0 Å². The number of nitrogens with zero attached hydrogens (tertiary/aromatic N) is 1. The number of carbonyl (C=O) groups excluding carboxylic acids is 3. The molecule has 12 heteroatoms. The molecule has 0 unspecified atom stereocenters. The molecule has 0 aliphatic carbocycles. The Bertz CT molecular complexity index is 1720. The Morgan fingerprint density at radius 1 is 0.820 bits per heavy atom. The molecule has 0 spiro atoms. The quantitative estimate of drug-likeness (QED) is 0.0903. The summed E-state index contributed by atoms with van der Waals surface area (Å²) in [7, 11) is 0. The standard InChI is InChI=1S/C38H44N4O8/c1-24(2)35(41-37(45)32-18-19-34(50-32)42(47)48)38(46)39-29(20-27-14-7-5-8-15-27)22-31(43)30(21-28-16-9-6-10-17-28)40-33(44)23-49-36-25(3)12-11-13-26(36)4/h5-19,24,29-31,35,43H,20-23H2,1-4H3,(H,39,46)(H,40,44)(H,41,45)/t29-,30-,31-,35-/m0/s1. The van der Waals surface area contributed by atoms with Gasteiger partial charge in [0, 0.05) is 6.04 Å². The van der Waals surface area contributed by atoms with Crippen LogP contribution in [0.2, 0.25) is 0 Å². The lowest BCUT2D eigenvalue weighted by molar-refractivity contribution is -0.402. The summed E-state index contributed by atoms with van der Waals surface area (Å²) in [5.74, 6) is -2.32. The zero-order valence-electron chi connectivity index (χ0n) is 28.6. The van der Waals surface area contributed by atoms with Gasteiger partial charge in [0.1, 0.15) is 16.7 Å². The van der Waals surface area contributed by atoms with Crippen LogP contribution in [0, 0.1) is 29.9 Å². The minimum atomic E-state index is -1.09. The van der Waals surface area contributed by atoms with Crippen molar-refractivity contribution >= 4 is 23.6 Å². The number of aliphatic hydroxyl groups excluding tert-OH is 1. The first-order chi connectivity index (χ1) is 23.9. The van der Waals surface area contributed by atoms with Crippen LogP contribution in [0.3, 0.4) is 0 Å². The van der Waals surface area contributed by atoms with E-state index in [2.05, 4.69) is 16.0 Å². The van der Waals surface area contributed by atoms with E-state index in [1.807, 2.05) is 92.7 Å². The summed E-state index contributed by atoms with van der Waals surface area (Å²) in [6, 6.07) is 24.5. The third kappa shape index (κ3) is 10.8. The van der Waals surface area contributed by atoms with E-state index in [0.717, 1.165) is 28.3 Å². The van der Waals surface area contributed by atoms with E-state index in [-0.39, 0.29) is 24.7 Å². The second kappa shape index (κ2) is 17.8. The molecule has 3 aromatic carbocycles. The number of ether oxygens (including phenoxy) is 1. The molecule has 4 rings (SSSR count). The first-order valence-corrected chi connectivity index (χ1v) is 16.5. The number of furan rings is 1. The molecule has 50 heavy (non-hydrogen) atoms. The van der Waals surface area contributed by atoms with Crippen molar-refractivity contribution in [1.29, 1.82) is 0 Å². The van der Waals surface area contributed by atoms with Gasteiger partial charge in [0.25, 0.3) is 11.8 Å². The SMILES string of the molecule is Cc1cccc(C)c1OCC(=O)N[C@@H](Cc1ccccc1)[C@@H](O)C[C@H](Cc1ccccc1)NC(=O)[C@@H](NC(=O)c1ccc([N+](=O)[O-])o1)C(C)C. The van der Waals surface area contributed by atoms with Crippen LogP contribution < -0.4 is 20.7 Å². The van der Waals surface area contributed by atoms with Gasteiger partial charge in [-0.25, -0.2) is 0 Å². The van der Waals surface area contributed by atoms with Crippen LogP contribution in [-0.2, 0) is 22.4 Å². The molecule has 3 amide bonds. The van der Waals surface area contributed by atoms with Crippen molar-refractivity contribution in [2.24, 2.45) is 5.92 Å². The largest absolute Gasteiger partial charge is 0.483 e. The first kappa shape index (κ1) is 37.3. The van der Waals surface area contributed by atoms with Gasteiger partial charge in [0.15, 0.2) is 12.4 Å². The van der Waals surface area contributed by atoms with E-state index in [1.54, 1.807) is 13.8 Å². The van der Waals surface area contributed by atoms with Crippen LogP contribution in [0.4, 0.5) is 5.88 Å². The summed E-state index contributed by atoms with van der Waals surface area (Å²) in [4.78, 5) is 50.1. The molecule has 1 heterocycles. The molecule has 1 aromatic heterocycles. The molecule has 12 nitrogen and oxygen atoms in total. The Labute approximate surface area is 291 Å². The third-order valence-electron chi connectivity index (χ3n) is 8.29. The molecule has 0 aliphatic heterocycles. The van der Waals surface area contributed by atoms with Gasteiger partial charge in [-0.1, -0.05) is 92.7 Å². The Hall–Kier alpha value is -5.49. The number of para-hydroxylation sites is 1. The van der Waals surface area contributed by atoms with E-state index in [4.69, 9.17) is 9.15 Å². The number of benzene rings is 3. The van der Waals surface area contributed by atoms with Gasteiger partial charge in [-0.05, 0) is 67.3 Å². The van der Waals surface area contributed by atoms with Crippen molar-refractivity contribution in [3.8, 4) is 5.75 Å². The fourth-order valence-corrected chi connectivity index (χ4v) is 5.70. The molecule has 264 valence electrons. The highest BCUT2D eigenvalue weighted by Crippen LogP contribution is 2.22. The van der Waals surface area contributed by atoms with Crippen LogP contribution in [0.25, 0.3) is 0 Å². The molecule has 0 bridgehead atoms. The van der Waals surface area contributed by atoms with Crippen molar-refractivity contribution in [3.63, 3.8) is 0 Å². The lowest BCUT2D eigenvalue weighted by Gasteiger charge is -2.30. The second-order valence-electron chi connectivity index (χ2n) is 12.7. The van der Waals surface area contributed by atoms with Crippen molar-refractivity contribution in [3.05, 3.63) is 129 Å². The van der Waals surface area contributed by atoms with Crippen LogP contribution in [0.5, 0.6) is 5.75 Å². The summed E-state index contributed by atoms with van der Waals surface area (Å²) in [5, 5.41) is 31.3. The Kier molecular flexibility index (Phi) is 13.3. The van der Waals surface area contributed by atoms with Gasteiger partial charge in [0.2, 0.25) is 5.91 Å². The van der Waals surface area contributed by atoms with Gasteiger partial charge in [-0.3, -0.25) is 24.5 Å². The van der Waals surface area contributed by atoms with E-state index < -0.39 is 52.8 Å². The number of hydrogen-bond acceptors (Lipinski definition) is 8. The van der Waals surface area contributed by atoms with Crippen LogP contribution in [0.1, 0.15) is 53.1 Å². The highest BCUT2D eigenvalue weighted by molar-refractivity contribution is 5.95. The maximum absolute atomic E-state index is 13.7. The Morgan fingerprint density at radius 2 is 1.42 bits per heavy atom. The average Bonchev–Trinajstić information content (AvgIpc) is 3.59. The number of hydrogen-bond donors (Lipinski definition) is 4. The number of aliphatic hydroxyl groups is 1. The van der Waals surface area contributed by atoms with Gasteiger partial charge in [-0.15, -0.1) is 0 Å². The highest BCUT2D eigenvalue weighted by Gasteiger charge is 2.31. The van der Waals surface area contributed by atoms with E-state index >= 15 is 0 Å². The summed E-state index contributed by atoms with van der Waals surface area (Å²) < 4.78 is 10.9. The maximum Gasteiger partial charge on any atom is 0.433 e. The van der Waals surface area contributed by atoms with Crippen molar-refractivity contribution < 1.29 is 33.6 Å². The number of amides is 3. The number of nitrogens with one attached hydrogen (secondary N) is 3. The number of nitro groups is 1. The molecule has 4 N–H and O–H groups in total. The van der Waals surface area contributed by atoms with Crippen LogP contribution in [0.15, 0.2) is 95.4 Å². The Balaban J connectivity index is 1.51. The molecule has 0 fully saturated rings. The van der Waals surface area contributed by atoms with E-state index in [9.17, 15) is 29.6 Å². The average molecular weight is 685 g/mol. The van der Waals surface area contributed by atoms with Crippen molar-refractivity contribution in [2.45, 2.75) is 71.2 Å². The highest BCUT2D eigenvalue weighted by atomic mass is 16.6. The van der Waals surface area contributed by atoms with Crippen LogP contribution in [-0.4, -0.2) is 58.6 Å². The number of carbonyl (C=O) groups is 3. The van der Waals surface area contributed by atoms with Gasteiger partial charge in [-0.2, -0.15) is 0 Å². The molecule has 4 atom stereocenters. The van der Waals surface area contributed by atoms with Crippen LogP contribution >= 0.6 is 0 Å². The van der Waals surface area contributed by atoms with E-state index in [1.165, 1.54) is 6.07 Å². The van der Waals surface area contributed by atoms with E-state index in [0.29, 0.717) is 18.6 Å². The minimum absolute atomic E-state index is 0.0688. The molecule has 4 aromatic rings. The molecule has 0 aliphatic rings. The summed E-state index contributed by atoms with van der Waals surface area (Å²) in [6.07, 6.45) is -0.347. The van der Waals surface area contributed by atoms with Crippen molar-refractivity contribution in [2.75, 3.05) is 6.61 Å². The summed E-state index contributed by atoms with van der Waals surface area (Å²) in [6.45, 7) is 7.07. The fourth-order valence-electron chi connectivity index (χ4n) is 5.70. The predicted molar refractivity (Wildman–Crippen MR) is 188 cm³/mol. The topological polar surface area (TPSA) is 173 Å². The summed E-state index contributed by atoms with van der Waals surface area (Å²) >= 11 is 0. The molecule has 0 saturated carbocycles. The molecular weight excluding hydrogens is 640 g/mol. The zero-order chi connectivity index (χ0) is 36.2. The number of aryl methyl sites for hydroxylation is 2. The van der Waals surface area contributed by atoms with Gasteiger partial charge < -0.3 is 30.2 Å². The fraction of sp³-hybridized carbons (Fsp3) is 0.342. The smallest absolute Gasteiger partial charge is 0.433 e. The lowest BCUT2D eigenvalue weighted by atomic mass is 9.93. The molecular formula is C38H44N4O8. The third-order valence-corrected chi connectivity index (χ3v) is 8.29. The number of rotatable bonds is 17. The zero-order valence-corrected chi connectivity index (χ0v) is 28.6.